The van der Waals surface area contributed by atoms with Crippen molar-refractivity contribution in [1.29, 1.82) is 0 Å². The fraction of sp³-hybridized carbons (Fsp3) is 0.400. The fourth-order valence-electron chi connectivity index (χ4n) is 2.04. The molecule has 22 heavy (non-hydrogen) atoms. The van der Waals surface area contributed by atoms with E-state index >= 15 is 0 Å². The Bertz CT molecular complexity index is 539. The number of thiocarbonyl (C=S) groups is 1. The number of esters is 1. The molecule has 1 aliphatic rings. The van der Waals surface area contributed by atoms with Gasteiger partial charge < -0.3 is 14.8 Å². The van der Waals surface area contributed by atoms with Gasteiger partial charge in [0, 0.05) is 13.2 Å². The lowest BCUT2D eigenvalue weighted by Crippen LogP contribution is -2.37. The summed E-state index contributed by atoms with van der Waals surface area (Å²) in [5.41, 5.74) is 4.10. The monoisotopic (exact) mass is 321 g/mol. The zero-order valence-electron chi connectivity index (χ0n) is 12.4. The van der Waals surface area contributed by atoms with Crippen LogP contribution in [-0.2, 0) is 9.47 Å². The molecule has 1 aromatic rings. The summed E-state index contributed by atoms with van der Waals surface area (Å²) in [5.74, 6) is -0.360. The summed E-state index contributed by atoms with van der Waals surface area (Å²) in [6.45, 7) is 1.52. The molecule has 0 amide bonds. The maximum atomic E-state index is 11.3. The van der Waals surface area contributed by atoms with Crippen molar-refractivity contribution in [1.82, 2.24) is 10.7 Å². The number of hydrazone groups is 1. The van der Waals surface area contributed by atoms with Crippen molar-refractivity contribution in [3.8, 4) is 0 Å². The highest BCUT2D eigenvalue weighted by atomic mass is 32.1. The third kappa shape index (κ3) is 5.09. The van der Waals surface area contributed by atoms with E-state index in [0.717, 1.165) is 25.0 Å². The SMILES string of the molecule is COC(=O)c1ccc(C=NNC(=S)NCC2CCCO2)cc1. The van der Waals surface area contributed by atoms with E-state index in [9.17, 15) is 4.79 Å². The number of methoxy groups -OCH3 is 1. The highest BCUT2D eigenvalue weighted by molar-refractivity contribution is 7.80. The topological polar surface area (TPSA) is 72.0 Å². The molecule has 7 heteroatoms. The van der Waals surface area contributed by atoms with Crippen LogP contribution < -0.4 is 10.7 Å². The Kier molecular flexibility index (Phi) is 6.29. The minimum absolute atomic E-state index is 0.231. The molecule has 6 nitrogen and oxygen atoms in total. The normalized spacial score (nSPS) is 17.4. The Morgan fingerprint density at radius 3 is 2.91 bits per heavy atom. The van der Waals surface area contributed by atoms with Crippen molar-refractivity contribution >= 4 is 29.5 Å². The predicted octanol–water partition coefficient (Wildman–Crippen LogP) is 1.45. The molecule has 0 aliphatic carbocycles. The number of carbonyl (C=O) groups is 1. The number of benzene rings is 1. The van der Waals surface area contributed by atoms with Gasteiger partial charge in [0.1, 0.15) is 0 Å². The van der Waals surface area contributed by atoms with Gasteiger partial charge in [-0.2, -0.15) is 5.10 Å². The highest BCUT2D eigenvalue weighted by Crippen LogP contribution is 2.10. The lowest BCUT2D eigenvalue weighted by molar-refractivity contribution is 0.0600. The lowest BCUT2D eigenvalue weighted by Gasteiger charge is -2.11. The van der Waals surface area contributed by atoms with Crippen molar-refractivity contribution in [2.75, 3.05) is 20.3 Å². The standard InChI is InChI=1S/C15H19N3O3S/c1-20-14(19)12-6-4-11(5-7-12)9-17-18-15(22)16-10-13-3-2-8-21-13/h4-7,9,13H,2-3,8,10H2,1H3,(H2,16,18,22). The Hall–Kier alpha value is -1.99. The highest BCUT2D eigenvalue weighted by Gasteiger charge is 2.14. The van der Waals surface area contributed by atoms with Gasteiger partial charge in [0.15, 0.2) is 5.11 Å². The van der Waals surface area contributed by atoms with E-state index in [1.165, 1.54) is 7.11 Å². The molecule has 118 valence electrons. The molecule has 0 bridgehead atoms. The molecule has 1 aliphatic heterocycles. The molecule has 2 N–H and O–H groups in total. The molecule has 2 rings (SSSR count). The molecule has 1 fully saturated rings. The van der Waals surface area contributed by atoms with Crippen molar-refractivity contribution in [3.05, 3.63) is 35.4 Å². The number of carbonyl (C=O) groups excluding carboxylic acids is 1. The van der Waals surface area contributed by atoms with E-state index in [2.05, 4.69) is 20.6 Å². The van der Waals surface area contributed by atoms with Crippen LogP contribution in [0.2, 0.25) is 0 Å². The van der Waals surface area contributed by atoms with Gasteiger partial charge in [0.25, 0.3) is 0 Å². The molecule has 1 saturated heterocycles. The number of hydrogen-bond acceptors (Lipinski definition) is 5. The van der Waals surface area contributed by atoms with Crippen LogP contribution in [-0.4, -0.2) is 43.7 Å². The minimum Gasteiger partial charge on any atom is -0.465 e. The first-order valence-electron chi connectivity index (χ1n) is 7.06. The summed E-state index contributed by atoms with van der Waals surface area (Å²) in [6, 6.07) is 6.92. The van der Waals surface area contributed by atoms with Crippen LogP contribution in [0.3, 0.4) is 0 Å². The summed E-state index contributed by atoms with van der Waals surface area (Å²) in [6.07, 6.45) is 4.02. The van der Waals surface area contributed by atoms with Crippen molar-refractivity contribution < 1.29 is 14.3 Å². The van der Waals surface area contributed by atoms with Gasteiger partial charge >= 0.3 is 5.97 Å². The van der Waals surface area contributed by atoms with Crippen molar-refractivity contribution in [2.45, 2.75) is 18.9 Å². The molecule has 0 spiro atoms. The number of ether oxygens (including phenoxy) is 2. The molecule has 0 radical (unpaired) electrons. The Balaban J connectivity index is 1.74. The number of nitrogens with zero attached hydrogens (tertiary/aromatic N) is 1. The van der Waals surface area contributed by atoms with E-state index < -0.39 is 0 Å². The molecule has 0 aromatic heterocycles. The first-order valence-corrected chi connectivity index (χ1v) is 7.47. The third-order valence-electron chi connectivity index (χ3n) is 3.23. The van der Waals surface area contributed by atoms with Gasteiger partial charge in [-0.3, -0.25) is 5.43 Å². The average Bonchev–Trinajstić information content (AvgIpc) is 3.06. The van der Waals surface area contributed by atoms with Gasteiger partial charge in [-0.25, -0.2) is 4.79 Å². The quantitative estimate of drug-likeness (QED) is 0.370. The van der Waals surface area contributed by atoms with Gasteiger partial charge in [0.05, 0.1) is 25.0 Å². The maximum absolute atomic E-state index is 11.3. The molecule has 1 heterocycles. The summed E-state index contributed by atoms with van der Waals surface area (Å²) in [7, 11) is 1.35. The van der Waals surface area contributed by atoms with E-state index in [0.29, 0.717) is 17.2 Å². The summed E-state index contributed by atoms with van der Waals surface area (Å²) >= 11 is 5.12. The molecular weight excluding hydrogens is 302 g/mol. The van der Waals surface area contributed by atoms with Crippen LogP contribution in [0.25, 0.3) is 0 Å². The van der Waals surface area contributed by atoms with Gasteiger partial charge in [-0.05, 0) is 42.8 Å². The Morgan fingerprint density at radius 2 is 2.27 bits per heavy atom. The summed E-state index contributed by atoms with van der Waals surface area (Å²) in [5, 5.41) is 7.57. The third-order valence-corrected chi connectivity index (χ3v) is 3.46. The van der Waals surface area contributed by atoms with E-state index in [1.54, 1.807) is 30.5 Å². The van der Waals surface area contributed by atoms with E-state index in [4.69, 9.17) is 17.0 Å². The van der Waals surface area contributed by atoms with E-state index in [1.807, 2.05) is 0 Å². The second-order valence-electron chi connectivity index (χ2n) is 4.83. The van der Waals surface area contributed by atoms with Gasteiger partial charge in [-0.15, -0.1) is 0 Å². The second kappa shape index (κ2) is 8.45. The number of hydrogen-bond donors (Lipinski definition) is 2. The predicted molar refractivity (Wildman–Crippen MR) is 88.1 cm³/mol. The molecule has 0 saturated carbocycles. The zero-order valence-corrected chi connectivity index (χ0v) is 13.2. The van der Waals surface area contributed by atoms with Gasteiger partial charge in [0.2, 0.25) is 0 Å². The lowest BCUT2D eigenvalue weighted by atomic mass is 10.1. The number of rotatable bonds is 5. The van der Waals surface area contributed by atoms with Crippen LogP contribution in [0.5, 0.6) is 0 Å². The maximum Gasteiger partial charge on any atom is 0.337 e. The summed E-state index contributed by atoms with van der Waals surface area (Å²) < 4.78 is 10.1. The minimum atomic E-state index is -0.360. The van der Waals surface area contributed by atoms with E-state index in [-0.39, 0.29) is 12.1 Å². The van der Waals surface area contributed by atoms with Crippen LogP contribution in [0.4, 0.5) is 0 Å². The van der Waals surface area contributed by atoms with Gasteiger partial charge in [-0.1, -0.05) is 12.1 Å². The van der Waals surface area contributed by atoms with Crippen LogP contribution in [0.15, 0.2) is 29.4 Å². The first-order chi connectivity index (χ1) is 10.7. The van der Waals surface area contributed by atoms with Crippen molar-refractivity contribution in [3.63, 3.8) is 0 Å². The number of nitrogens with one attached hydrogen (secondary N) is 2. The van der Waals surface area contributed by atoms with Crippen LogP contribution in [0, 0.1) is 0 Å². The second-order valence-corrected chi connectivity index (χ2v) is 5.24. The molecule has 1 unspecified atom stereocenters. The average molecular weight is 321 g/mol. The van der Waals surface area contributed by atoms with Crippen molar-refractivity contribution in [2.24, 2.45) is 5.10 Å². The van der Waals surface area contributed by atoms with Crippen LogP contribution >= 0.6 is 12.2 Å². The molecule has 1 atom stereocenters. The largest absolute Gasteiger partial charge is 0.465 e. The fourth-order valence-corrected chi connectivity index (χ4v) is 2.18. The Labute approximate surface area is 134 Å². The molecular formula is C15H19N3O3S. The van der Waals surface area contributed by atoms with Crippen LogP contribution in [0.1, 0.15) is 28.8 Å². The Morgan fingerprint density at radius 1 is 1.50 bits per heavy atom. The first kappa shape index (κ1) is 16.4. The zero-order chi connectivity index (χ0) is 15.8. The smallest absolute Gasteiger partial charge is 0.337 e. The summed E-state index contributed by atoms with van der Waals surface area (Å²) in [4.78, 5) is 11.3. The molecule has 1 aromatic carbocycles.